The Morgan fingerprint density at radius 3 is 2.81 bits per heavy atom. The Morgan fingerprint density at radius 1 is 1.19 bits per heavy atom. The zero-order valence-corrected chi connectivity index (χ0v) is 15.8. The highest BCUT2D eigenvalue weighted by molar-refractivity contribution is 7.10. The van der Waals surface area contributed by atoms with Crippen molar-refractivity contribution in [2.24, 2.45) is 5.92 Å². The van der Waals surface area contributed by atoms with Gasteiger partial charge < -0.3 is 10.2 Å². The lowest BCUT2D eigenvalue weighted by Gasteiger charge is -2.33. The minimum Gasteiger partial charge on any atom is -0.355 e. The number of aromatic nitrogens is 2. The van der Waals surface area contributed by atoms with E-state index < -0.39 is 0 Å². The highest BCUT2D eigenvalue weighted by atomic mass is 32.1. The van der Waals surface area contributed by atoms with Crippen molar-refractivity contribution in [3.05, 3.63) is 76.9 Å². The smallest absolute Gasteiger partial charge is 0.225 e. The second-order valence-electron chi connectivity index (χ2n) is 6.72. The van der Waals surface area contributed by atoms with Crippen LogP contribution in [-0.2, 0) is 4.79 Å². The molecular formula is C21H22N4OS. The SMILES string of the molecule is O=C(N[C@H](c1ccccc1)c1cccs1)[C@H]1CCCN(c2cnccn2)C1. The van der Waals surface area contributed by atoms with Gasteiger partial charge in [-0.3, -0.25) is 9.78 Å². The molecule has 1 aliphatic rings. The third-order valence-electron chi connectivity index (χ3n) is 4.91. The quantitative estimate of drug-likeness (QED) is 0.736. The van der Waals surface area contributed by atoms with Crippen LogP contribution in [-0.4, -0.2) is 29.0 Å². The summed E-state index contributed by atoms with van der Waals surface area (Å²) in [7, 11) is 0. The summed E-state index contributed by atoms with van der Waals surface area (Å²) in [6.45, 7) is 1.59. The number of rotatable bonds is 5. The molecule has 1 aliphatic heterocycles. The van der Waals surface area contributed by atoms with Gasteiger partial charge in [-0.2, -0.15) is 0 Å². The van der Waals surface area contributed by atoms with Crippen molar-refractivity contribution < 1.29 is 4.79 Å². The molecule has 1 N–H and O–H groups in total. The van der Waals surface area contributed by atoms with Crippen LogP contribution < -0.4 is 10.2 Å². The van der Waals surface area contributed by atoms with Crippen LogP contribution in [0, 0.1) is 5.92 Å². The second-order valence-corrected chi connectivity index (χ2v) is 7.70. The van der Waals surface area contributed by atoms with Crippen LogP contribution >= 0.6 is 11.3 Å². The molecule has 4 rings (SSSR count). The molecule has 0 unspecified atom stereocenters. The number of carbonyl (C=O) groups is 1. The number of thiophene rings is 1. The zero-order chi connectivity index (χ0) is 18.5. The van der Waals surface area contributed by atoms with Gasteiger partial charge in [0.1, 0.15) is 5.82 Å². The van der Waals surface area contributed by atoms with Crippen molar-refractivity contribution in [2.75, 3.05) is 18.0 Å². The largest absolute Gasteiger partial charge is 0.355 e. The third-order valence-corrected chi connectivity index (χ3v) is 5.85. The average molecular weight is 379 g/mol. The third kappa shape index (κ3) is 4.17. The zero-order valence-electron chi connectivity index (χ0n) is 15.0. The van der Waals surface area contributed by atoms with Gasteiger partial charge in [-0.15, -0.1) is 11.3 Å². The molecule has 3 aromatic rings. The summed E-state index contributed by atoms with van der Waals surface area (Å²) in [4.78, 5) is 24.9. The molecule has 0 spiro atoms. The minimum atomic E-state index is -0.106. The number of nitrogens with zero attached hydrogens (tertiary/aromatic N) is 3. The van der Waals surface area contributed by atoms with Crippen molar-refractivity contribution in [3.63, 3.8) is 0 Å². The van der Waals surface area contributed by atoms with E-state index in [1.165, 1.54) is 0 Å². The lowest BCUT2D eigenvalue weighted by atomic mass is 9.96. The molecule has 1 saturated heterocycles. The van der Waals surface area contributed by atoms with E-state index in [1.54, 1.807) is 29.9 Å². The van der Waals surface area contributed by atoms with Crippen LogP contribution in [0.5, 0.6) is 0 Å². The summed E-state index contributed by atoms with van der Waals surface area (Å²) < 4.78 is 0. The van der Waals surface area contributed by atoms with Crippen molar-refractivity contribution >= 4 is 23.1 Å². The van der Waals surface area contributed by atoms with E-state index >= 15 is 0 Å². The van der Waals surface area contributed by atoms with Gasteiger partial charge in [-0.05, 0) is 29.9 Å². The van der Waals surface area contributed by atoms with Crippen molar-refractivity contribution in [2.45, 2.75) is 18.9 Å². The van der Waals surface area contributed by atoms with Gasteiger partial charge in [0.25, 0.3) is 0 Å². The van der Waals surface area contributed by atoms with Crippen LogP contribution in [0.2, 0.25) is 0 Å². The summed E-state index contributed by atoms with van der Waals surface area (Å²) in [5.74, 6) is 0.894. The number of nitrogens with one attached hydrogen (secondary N) is 1. The molecule has 2 atom stereocenters. The number of hydrogen-bond donors (Lipinski definition) is 1. The predicted molar refractivity (Wildman–Crippen MR) is 108 cm³/mol. The van der Waals surface area contributed by atoms with Gasteiger partial charge in [0.2, 0.25) is 5.91 Å². The van der Waals surface area contributed by atoms with Gasteiger partial charge in [0, 0.05) is 30.4 Å². The Hall–Kier alpha value is -2.73. The molecule has 6 heteroatoms. The highest BCUT2D eigenvalue weighted by Gasteiger charge is 2.29. The van der Waals surface area contributed by atoms with Crippen LogP contribution in [0.25, 0.3) is 0 Å². The van der Waals surface area contributed by atoms with Gasteiger partial charge in [-0.25, -0.2) is 4.98 Å². The molecule has 0 bridgehead atoms. The lowest BCUT2D eigenvalue weighted by Crippen LogP contribution is -2.44. The van der Waals surface area contributed by atoms with Crippen molar-refractivity contribution in [3.8, 4) is 0 Å². The average Bonchev–Trinajstić information content (AvgIpc) is 3.28. The molecule has 3 heterocycles. The molecule has 1 aromatic carbocycles. The Kier molecular flexibility index (Phi) is 5.44. The number of hydrogen-bond acceptors (Lipinski definition) is 5. The summed E-state index contributed by atoms with van der Waals surface area (Å²) in [5, 5.41) is 5.34. The highest BCUT2D eigenvalue weighted by Crippen LogP contribution is 2.28. The van der Waals surface area contributed by atoms with E-state index in [1.807, 2.05) is 29.6 Å². The summed E-state index contributed by atoms with van der Waals surface area (Å²) >= 11 is 1.67. The van der Waals surface area contributed by atoms with E-state index in [4.69, 9.17) is 0 Å². The van der Waals surface area contributed by atoms with E-state index in [0.717, 1.165) is 35.6 Å². The monoisotopic (exact) mass is 378 g/mol. The molecule has 0 saturated carbocycles. The maximum atomic E-state index is 13.1. The topological polar surface area (TPSA) is 58.1 Å². The van der Waals surface area contributed by atoms with Gasteiger partial charge >= 0.3 is 0 Å². The van der Waals surface area contributed by atoms with Gasteiger partial charge in [-0.1, -0.05) is 36.4 Å². The first kappa shape index (κ1) is 17.7. The first-order valence-corrected chi connectivity index (χ1v) is 10.1. The summed E-state index contributed by atoms with van der Waals surface area (Å²) in [5.41, 5.74) is 1.11. The Morgan fingerprint density at radius 2 is 2.07 bits per heavy atom. The summed E-state index contributed by atoms with van der Waals surface area (Å²) in [6, 6.07) is 14.2. The van der Waals surface area contributed by atoms with Crippen LogP contribution in [0.4, 0.5) is 5.82 Å². The molecule has 27 heavy (non-hydrogen) atoms. The fourth-order valence-electron chi connectivity index (χ4n) is 3.53. The maximum Gasteiger partial charge on any atom is 0.225 e. The molecule has 0 aliphatic carbocycles. The molecule has 2 aromatic heterocycles. The van der Waals surface area contributed by atoms with E-state index in [0.29, 0.717) is 6.54 Å². The standard InChI is InChI=1S/C21H22N4OS/c26-21(17-8-4-12-25(15-17)19-14-22-10-11-23-19)24-20(18-9-5-13-27-18)16-6-2-1-3-7-16/h1-3,5-7,9-11,13-14,17,20H,4,8,12,15H2,(H,24,26)/t17-,20+/m0/s1. The van der Waals surface area contributed by atoms with Crippen molar-refractivity contribution in [1.29, 1.82) is 0 Å². The van der Waals surface area contributed by atoms with Gasteiger partial charge in [0.05, 0.1) is 18.2 Å². The molecular weight excluding hydrogens is 356 g/mol. The molecule has 138 valence electrons. The van der Waals surface area contributed by atoms with E-state index in [-0.39, 0.29) is 17.9 Å². The lowest BCUT2D eigenvalue weighted by molar-refractivity contribution is -0.125. The first-order valence-electron chi connectivity index (χ1n) is 9.21. The number of piperidine rings is 1. The first-order chi connectivity index (χ1) is 13.3. The normalized spacial score (nSPS) is 18.1. The minimum absolute atomic E-state index is 0.0491. The predicted octanol–water partition coefficient (Wildman–Crippen LogP) is 3.66. The fourth-order valence-corrected chi connectivity index (χ4v) is 4.34. The second kappa shape index (κ2) is 8.31. The number of carbonyl (C=O) groups excluding carboxylic acids is 1. The molecule has 1 amide bonds. The summed E-state index contributed by atoms with van der Waals surface area (Å²) in [6.07, 6.45) is 7.00. The van der Waals surface area contributed by atoms with E-state index in [9.17, 15) is 4.79 Å². The van der Waals surface area contributed by atoms with Crippen LogP contribution in [0.1, 0.15) is 29.3 Å². The fraction of sp³-hybridized carbons (Fsp3) is 0.286. The van der Waals surface area contributed by atoms with E-state index in [2.05, 4.69) is 38.4 Å². The van der Waals surface area contributed by atoms with Crippen LogP contribution in [0.15, 0.2) is 66.4 Å². The Balaban J connectivity index is 1.49. The Labute approximate surface area is 163 Å². The maximum absolute atomic E-state index is 13.1. The number of amides is 1. The molecule has 1 fully saturated rings. The van der Waals surface area contributed by atoms with Crippen molar-refractivity contribution in [1.82, 2.24) is 15.3 Å². The Bertz CT molecular complexity index is 854. The molecule has 5 nitrogen and oxygen atoms in total. The molecule has 0 radical (unpaired) electrons. The number of benzene rings is 1. The van der Waals surface area contributed by atoms with Crippen LogP contribution in [0.3, 0.4) is 0 Å². The number of anilines is 1. The van der Waals surface area contributed by atoms with Gasteiger partial charge in [0.15, 0.2) is 0 Å².